The summed E-state index contributed by atoms with van der Waals surface area (Å²) >= 11 is 6.99. The number of nitrogens with one attached hydrogen (secondary N) is 1. The molecule has 1 N–H and O–H groups in total. The molecule has 0 spiro atoms. The van der Waals surface area contributed by atoms with Gasteiger partial charge in [-0.3, -0.25) is 0 Å². The minimum atomic E-state index is -3.58. The number of hydrogen-bond acceptors (Lipinski definition) is 5. The van der Waals surface area contributed by atoms with Crippen molar-refractivity contribution in [2.24, 2.45) is 0 Å². The Kier molecular flexibility index (Phi) is 3.72. The third-order valence-electron chi connectivity index (χ3n) is 1.95. The summed E-state index contributed by atoms with van der Waals surface area (Å²) in [4.78, 5) is 7.25. The molecule has 0 atom stereocenters. The van der Waals surface area contributed by atoms with E-state index >= 15 is 0 Å². The fourth-order valence-electron chi connectivity index (χ4n) is 1.09. The molecule has 8 heteroatoms. The molecule has 0 amide bonds. The van der Waals surface area contributed by atoms with Gasteiger partial charge in [0.1, 0.15) is 4.90 Å². The molecule has 0 radical (unpaired) electrons. The maximum absolute atomic E-state index is 11.8. The summed E-state index contributed by atoms with van der Waals surface area (Å²) in [6, 6.07) is 1.85. The van der Waals surface area contributed by atoms with Crippen LogP contribution < -0.4 is 4.72 Å². The van der Waals surface area contributed by atoms with Crippen LogP contribution in [0.25, 0.3) is 0 Å². The highest BCUT2D eigenvalue weighted by Gasteiger charge is 2.14. The number of sulfonamides is 1. The van der Waals surface area contributed by atoms with Gasteiger partial charge in [0.05, 0.1) is 12.4 Å². The van der Waals surface area contributed by atoms with Gasteiger partial charge in [-0.05, 0) is 34.0 Å². The first-order valence-electron chi connectivity index (χ1n) is 4.56. The molecule has 2 aromatic rings. The molecule has 2 rings (SSSR count). The minimum absolute atomic E-state index is 0.00266. The van der Waals surface area contributed by atoms with E-state index in [2.05, 4.69) is 14.7 Å². The lowest BCUT2D eigenvalue weighted by Gasteiger charge is -2.04. The largest absolute Gasteiger partial charge is 0.243 e. The number of thiophene rings is 1. The smallest absolute Gasteiger partial charge is 0.225 e. The summed E-state index contributed by atoms with van der Waals surface area (Å²) in [5.41, 5.74) is 0.911. The molecule has 0 aromatic carbocycles. The molecule has 2 aromatic heterocycles. The normalized spacial score (nSPS) is 11.6. The van der Waals surface area contributed by atoms with Gasteiger partial charge in [-0.25, -0.2) is 23.1 Å². The zero-order valence-electron chi connectivity index (χ0n) is 8.50. The highest BCUT2D eigenvalue weighted by atomic mass is 35.5. The molecule has 0 aliphatic carbocycles. The second-order valence-corrected chi connectivity index (χ2v) is 6.03. The highest BCUT2D eigenvalue weighted by molar-refractivity contribution is 7.89. The number of nitrogens with zero attached hydrogens (tertiary/aromatic N) is 2. The van der Waals surface area contributed by atoms with Crippen LogP contribution in [0.2, 0.25) is 5.28 Å². The van der Waals surface area contributed by atoms with E-state index in [9.17, 15) is 8.42 Å². The molecule has 0 unspecified atom stereocenters. The van der Waals surface area contributed by atoms with Crippen LogP contribution in [0.3, 0.4) is 0 Å². The lowest BCUT2D eigenvalue weighted by Crippen LogP contribution is -2.23. The standard InChI is InChI=1S/C9H8ClN3O2S2/c10-9-11-4-8(5-12-9)17(14,15)13-3-7-1-2-16-6-7/h1-2,4-6,13H,3H2. The van der Waals surface area contributed by atoms with Crippen molar-refractivity contribution in [3.8, 4) is 0 Å². The van der Waals surface area contributed by atoms with Crippen molar-refractivity contribution in [3.63, 3.8) is 0 Å². The molecule has 0 aliphatic rings. The molecule has 5 nitrogen and oxygen atoms in total. The summed E-state index contributed by atoms with van der Waals surface area (Å²) in [7, 11) is -3.58. The van der Waals surface area contributed by atoms with Crippen LogP contribution in [0.4, 0.5) is 0 Å². The summed E-state index contributed by atoms with van der Waals surface area (Å²) in [5.74, 6) is 0. The third-order valence-corrected chi connectivity index (χ3v) is 4.24. The number of hydrogen-bond donors (Lipinski definition) is 1. The van der Waals surface area contributed by atoms with E-state index in [1.165, 1.54) is 23.7 Å². The lowest BCUT2D eigenvalue weighted by atomic mass is 10.4. The number of aromatic nitrogens is 2. The summed E-state index contributed by atoms with van der Waals surface area (Å²) in [6.07, 6.45) is 2.34. The Morgan fingerprint density at radius 1 is 1.35 bits per heavy atom. The van der Waals surface area contributed by atoms with Crippen molar-refractivity contribution >= 4 is 33.0 Å². The van der Waals surface area contributed by atoms with Crippen molar-refractivity contribution < 1.29 is 8.42 Å². The van der Waals surface area contributed by atoms with Crippen LogP contribution in [0.15, 0.2) is 34.1 Å². The van der Waals surface area contributed by atoms with Crippen molar-refractivity contribution in [3.05, 3.63) is 40.1 Å². The van der Waals surface area contributed by atoms with Gasteiger partial charge < -0.3 is 0 Å². The molecule has 0 saturated carbocycles. The van der Waals surface area contributed by atoms with Crippen molar-refractivity contribution in [2.75, 3.05) is 0 Å². The topological polar surface area (TPSA) is 72.0 Å². The van der Waals surface area contributed by atoms with Gasteiger partial charge in [-0.1, -0.05) is 0 Å². The Morgan fingerprint density at radius 3 is 2.65 bits per heavy atom. The fraction of sp³-hybridized carbons (Fsp3) is 0.111. The van der Waals surface area contributed by atoms with Gasteiger partial charge in [0.25, 0.3) is 0 Å². The third kappa shape index (κ3) is 3.22. The van der Waals surface area contributed by atoms with E-state index in [0.29, 0.717) is 0 Å². The van der Waals surface area contributed by atoms with Gasteiger partial charge in [-0.15, -0.1) is 0 Å². The Bertz CT molecular complexity index is 581. The molecular formula is C9H8ClN3O2S2. The molecule has 0 fully saturated rings. The Labute approximate surface area is 108 Å². The zero-order chi connectivity index (χ0) is 12.3. The van der Waals surface area contributed by atoms with E-state index in [1.807, 2.05) is 16.8 Å². The van der Waals surface area contributed by atoms with Gasteiger partial charge in [0.15, 0.2) is 0 Å². The maximum Gasteiger partial charge on any atom is 0.243 e. The van der Waals surface area contributed by atoms with Gasteiger partial charge in [0.2, 0.25) is 15.3 Å². The first-order chi connectivity index (χ1) is 8.08. The van der Waals surface area contributed by atoms with E-state index in [-0.39, 0.29) is 16.7 Å². The Balaban J connectivity index is 2.11. The van der Waals surface area contributed by atoms with E-state index in [4.69, 9.17) is 11.6 Å². The van der Waals surface area contributed by atoms with Crippen LogP contribution in [0.5, 0.6) is 0 Å². The van der Waals surface area contributed by atoms with Gasteiger partial charge >= 0.3 is 0 Å². The highest BCUT2D eigenvalue weighted by Crippen LogP contribution is 2.10. The molecular weight excluding hydrogens is 282 g/mol. The monoisotopic (exact) mass is 289 g/mol. The number of rotatable bonds is 4. The summed E-state index contributed by atoms with van der Waals surface area (Å²) in [5, 5.41) is 3.78. The molecule has 0 aliphatic heterocycles. The van der Waals surface area contributed by atoms with E-state index < -0.39 is 10.0 Å². The molecule has 90 valence electrons. The van der Waals surface area contributed by atoms with Crippen molar-refractivity contribution in [1.82, 2.24) is 14.7 Å². The van der Waals surface area contributed by atoms with Gasteiger partial charge in [0, 0.05) is 6.54 Å². The average Bonchev–Trinajstić information content (AvgIpc) is 2.80. The predicted octanol–water partition coefficient (Wildman–Crippen LogP) is 1.67. The zero-order valence-corrected chi connectivity index (χ0v) is 10.9. The minimum Gasteiger partial charge on any atom is -0.225 e. The van der Waals surface area contributed by atoms with Crippen molar-refractivity contribution in [1.29, 1.82) is 0 Å². The van der Waals surface area contributed by atoms with Crippen molar-refractivity contribution in [2.45, 2.75) is 11.4 Å². The van der Waals surface area contributed by atoms with Crippen LogP contribution >= 0.6 is 22.9 Å². The van der Waals surface area contributed by atoms with Crippen LogP contribution in [0, 0.1) is 0 Å². The van der Waals surface area contributed by atoms with E-state index in [1.54, 1.807) is 0 Å². The first-order valence-corrected chi connectivity index (χ1v) is 7.36. The predicted molar refractivity (Wildman–Crippen MR) is 65.4 cm³/mol. The Morgan fingerprint density at radius 2 is 2.06 bits per heavy atom. The molecule has 2 heterocycles. The molecule has 0 saturated heterocycles. The number of halogens is 1. The summed E-state index contributed by atoms with van der Waals surface area (Å²) < 4.78 is 26.1. The Hall–Kier alpha value is -1.02. The second-order valence-electron chi connectivity index (χ2n) is 3.14. The summed E-state index contributed by atoms with van der Waals surface area (Å²) in [6.45, 7) is 0.245. The second kappa shape index (κ2) is 5.09. The average molecular weight is 290 g/mol. The van der Waals surface area contributed by atoms with Crippen LogP contribution in [0.1, 0.15) is 5.56 Å². The lowest BCUT2D eigenvalue weighted by molar-refractivity contribution is 0.580. The first kappa shape index (κ1) is 12.4. The molecule has 0 bridgehead atoms. The quantitative estimate of drug-likeness (QED) is 0.869. The SMILES string of the molecule is O=S(=O)(NCc1ccsc1)c1cnc(Cl)nc1. The van der Waals surface area contributed by atoms with Crippen LogP contribution in [-0.2, 0) is 16.6 Å². The molecule has 17 heavy (non-hydrogen) atoms. The fourth-order valence-corrected chi connectivity index (χ4v) is 2.77. The van der Waals surface area contributed by atoms with Gasteiger partial charge in [-0.2, -0.15) is 11.3 Å². The van der Waals surface area contributed by atoms with Crippen LogP contribution in [-0.4, -0.2) is 18.4 Å². The maximum atomic E-state index is 11.8. The van der Waals surface area contributed by atoms with E-state index in [0.717, 1.165) is 5.56 Å².